The molecule has 0 bridgehead atoms. The number of likely N-dealkylation sites (N-methyl/N-ethyl adjacent to an activating group) is 1. The van der Waals surface area contributed by atoms with E-state index in [4.69, 9.17) is 9.83 Å². The Morgan fingerprint density at radius 1 is 1.61 bits per heavy atom. The molecule has 0 aliphatic carbocycles. The Morgan fingerprint density at radius 3 is 2.78 bits per heavy atom. The Bertz CT molecular complexity index is 587. The number of aryl methyl sites for hydroxylation is 1. The SMILES string of the molecule is Cc1cc([N+](=O)[O-])c(/C=C2\C(=O)NC(=N)N2C)o1. The number of hydrogen-bond donors (Lipinski definition) is 2. The number of carbonyl (C=O) groups is 1. The second kappa shape index (κ2) is 3.99. The Labute approximate surface area is 102 Å². The van der Waals surface area contributed by atoms with Gasteiger partial charge < -0.3 is 9.32 Å². The molecule has 1 aliphatic heterocycles. The highest BCUT2D eigenvalue weighted by Crippen LogP contribution is 2.26. The monoisotopic (exact) mass is 250 g/mol. The van der Waals surface area contributed by atoms with Crippen LogP contribution in [0.15, 0.2) is 16.2 Å². The van der Waals surface area contributed by atoms with Crippen molar-refractivity contribution in [1.82, 2.24) is 10.2 Å². The summed E-state index contributed by atoms with van der Waals surface area (Å²) in [6.07, 6.45) is 1.25. The summed E-state index contributed by atoms with van der Waals surface area (Å²) >= 11 is 0. The number of nitro groups is 1. The molecule has 2 N–H and O–H groups in total. The number of amides is 1. The van der Waals surface area contributed by atoms with E-state index >= 15 is 0 Å². The average Bonchev–Trinajstić information content (AvgIpc) is 2.75. The molecule has 8 heteroatoms. The van der Waals surface area contributed by atoms with Gasteiger partial charge in [-0.1, -0.05) is 0 Å². The zero-order chi connectivity index (χ0) is 13.4. The van der Waals surface area contributed by atoms with E-state index in [0.29, 0.717) is 5.76 Å². The van der Waals surface area contributed by atoms with E-state index in [1.165, 1.54) is 24.1 Å². The summed E-state index contributed by atoms with van der Waals surface area (Å²) in [7, 11) is 1.51. The molecule has 1 aromatic heterocycles. The first-order valence-corrected chi connectivity index (χ1v) is 5.00. The van der Waals surface area contributed by atoms with Crippen molar-refractivity contribution in [3.05, 3.63) is 33.4 Å². The van der Waals surface area contributed by atoms with E-state index in [0.717, 1.165) is 0 Å². The minimum Gasteiger partial charge on any atom is -0.454 e. The smallest absolute Gasteiger partial charge is 0.314 e. The number of carbonyl (C=O) groups excluding carboxylic acids is 1. The molecule has 1 aliphatic rings. The lowest BCUT2D eigenvalue weighted by molar-refractivity contribution is -0.385. The van der Waals surface area contributed by atoms with Gasteiger partial charge in [-0.2, -0.15) is 0 Å². The third-order valence-electron chi connectivity index (χ3n) is 2.49. The summed E-state index contributed by atoms with van der Waals surface area (Å²) < 4.78 is 5.17. The standard InChI is InChI=1S/C10H10N4O4/c1-5-3-6(14(16)17)8(18-5)4-7-9(15)12-10(11)13(7)2/h3-4H,1-2H3,(H2,11,12,15)/b7-4+. The largest absolute Gasteiger partial charge is 0.454 e. The maximum atomic E-state index is 11.5. The van der Waals surface area contributed by atoms with Crippen LogP contribution in [0.5, 0.6) is 0 Å². The summed E-state index contributed by atoms with van der Waals surface area (Å²) in [5.41, 5.74) is -0.0860. The highest BCUT2D eigenvalue weighted by Gasteiger charge is 2.29. The summed E-state index contributed by atoms with van der Waals surface area (Å²) in [6.45, 7) is 1.58. The van der Waals surface area contributed by atoms with Crippen molar-refractivity contribution >= 4 is 23.6 Å². The molecule has 2 heterocycles. The minimum atomic E-state index is -0.582. The highest BCUT2D eigenvalue weighted by molar-refractivity contribution is 6.14. The molecular formula is C10H10N4O4. The van der Waals surface area contributed by atoms with E-state index in [-0.39, 0.29) is 23.1 Å². The third-order valence-corrected chi connectivity index (χ3v) is 2.49. The molecule has 94 valence electrons. The molecule has 1 saturated heterocycles. The lowest BCUT2D eigenvalue weighted by Gasteiger charge is -2.07. The second-order valence-electron chi connectivity index (χ2n) is 3.75. The molecule has 0 aromatic carbocycles. The van der Waals surface area contributed by atoms with Crippen LogP contribution in [0.3, 0.4) is 0 Å². The molecule has 18 heavy (non-hydrogen) atoms. The second-order valence-corrected chi connectivity index (χ2v) is 3.75. The Kier molecular flexibility index (Phi) is 2.62. The van der Waals surface area contributed by atoms with Gasteiger partial charge in [0.05, 0.1) is 11.0 Å². The van der Waals surface area contributed by atoms with E-state index in [1.807, 2.05) is 0 Å². The van der Waals surface area contributed by atoms with Crippen molar-refractivity contribution in [3.63, 3.8) is 0 Å². The summed E-state index contributed by atoms with van der Waals surface area (Å²) in [6, 6.07) is 1.28. The van der Waals surface area contributed by atoms with Crippen LogP contribution in [-0.2, 0) is 4.79 Å². The van der Waals surface area contributed by atoms with Gasteiger partial charge in [0.1, 0.15) is 11.5 Å². The zero-order valence-electron chi connectivity index (χ0n) is 9.68. The Balaban J connectivity index is 2.48. The molecule has 8 nitrogen and oxygen atoms in total. The van der Waals surface area contributed by atoms with Crippen LogP contribution in [0.1, 0.15) is 11.5 Å². The Hall–Kier alpha value is -2.64. The quantitative estimate of drug-likeness (QED) is 0.458. The van der Waals surface area contributed by atoms with Crippen molar-refractivity contribution in [3.8, 4) is 0 Å². The lowest BCUT2D eigenvalue weighted by atomic mass is 10.3. The van der Waals surface area contributed by atoms with Gasteiger partial charge in [-0.15, -0.1) is 0 Å². The molecule has 0 atom stereocenters. The highest BCUT2D eigenvalue weighted by atomic mass is 16.6. The van der Waals surface area contributed by atoms with Gasteiger partial charge in [0, 0.05) is 13.1 Å². The number of furan rings is 1. The molecule has 1 aromatic rings. The average molecular weight is 250 g/mol. The first-order chi connectivity index (χ1) is 8.40. The van der Waals surface area contributed by atoms with Crippen molar-refractivity contribution in [2.24, 2.45) is 0 Å². The normalized spacial score (nSPS) is 17.4. The van der Waals surface area contributed by atoms with E-state index in [9.17, 15) is 14.9 Å². The van der Waals surface area contributed by atoms with Crippen LogP contribution in [0.25, 0.3) is 6.08 Å². The number of nitrogens with zero attached hydrogens (tertiary/aromatic N) is 2. The molecule has 1 amide bonds. The van der Waals surface area contributed by atoms with Gasteiger partial charge in [0.15, 0.2) is 0 Å². The summed E-state index contributed by atoms with van der Waals surface area (Å²) in [5, 5.41) is 20.5. The molecule has 0 radical (unpaired) electrons. The fraction of sp³-hybridized carbons (Fsp3) is 0.200. The fourth-order valence-electron chi connectivity index (χ4n) is 1.58. The van der Waals surface area contributed by atoms with Crippen LogP contribution >= 0.6 is 0 Å². The van der Waals surface area contributed by atoms with Gasteiger partial charge in [-0.05, 0) is 6.92 Å². The number of hydrogen-bond acceptors (Lipinski definition) is 5. The molecule has 2 rings (SSSR count). The first kappa shape index (κ1) is 11.8. The van der Waals surface area contributed by atoms with Crippen LogP contribution < -0.4 is 5.32 Å². The van der Waals surface area contributed by atoms with Crippen LogP contribution in [0, 0.1) is 22.4 Å². The van der Waals surface area contributed by atoms with Crippen molar-refractivity contribution in [2.45, 2.75) is 6.92 Å². The van der Waals surface area contributed by atoms with Crippen molar-refractivity contribution in [1.29, 1.82) is 5.41 Å². The maximum absolute atomic E-state index is 11.5. The summed E-state index contributed by atoms with van der Waals surface area (Å²) in [4.78, 5) is 23.0. The molecular weight excluding hydrogens is 240 g/mol. The van der Waals surface area contributed by atoms with Crippen LogP contribution in [0.2, 0.25) is 0 Å². The van der Waals surface area contributed by atoms with Gasteiger partial charge in [-0.25, -0.2) is 0 Å². The molecule has 0 spiro atoms. The van der Waals surface area contributed by atoms with Crippen molar-refractivity contribution in [2.75, 3.05) is 7.05 Å². The van der Waals surface area contributed by atoms with Gasteiger partial charge in [0.2, 0.25) is 11.7 Å². The van der Waals surface area contributed by atoms with E-state index in [1.54, 1.807) is 6.92 Å². The maximum Gasteiger partial charge on any atom is 0.314 e. The van der Waals surface area contributed by atoms with Crippen molar-refractivity contribution < 1.29 is 14.1 Å². The number of guanidine groups is 1. The predicted molar refractivity (Wildman–Crippen MR) is 61.7 cm³/mol. The third kappa shape index (κ3) is 1.83. The predicted octanol–water partition coefficient (Wildman–Crippen LogP) is 0.833. The van der Waals surface area contributed by atoms with E-state index < -0.39 is 10.8 Å². The van der Waals surface area contributed by atoms with Gasteiger partial charge in [0.25, 0.3) is 5.91 Å². The zero-order valence-corrected chi connectivity index (χ0v) is 9.68. The fourth-order valence-corrected chi connectivity index (χ4v) is 1.58. The van der Waals surface area contributed by atoms with E-state index in [2.05, 4.69) is 5.32 Å². The molecule has 1 fully saturated rings. The molecule has 0 saturated carbocycles. The topological polar surface area (TPSA) is 112 Å². The van der Waals surface area contributed by atoms with Gasteiger partial charge >= 0.3 is 5.69 Å². The summed E-state index contributed by atoms with van der Waals surface area (Å²) in [5.74, 6) is -0.211. The van der Waals surface area contributed by atoms with Gasteiger partial charge in [-0.3, -0.25) is 25.6 Å². The number of rotatable bonds is 2. The molecule has 0 unspecified atom stereocenters. The first-order valence-electron chi connectivity index (χ1n) is 5.00. The Morgan fingerprint density at radius 2 is 2.28 bits per heavy atom. The lowest BCUT2D eigenvalue weighted by Crippen LogP contribution is -2.25. The van der Waals surface area contributed by atoms with Crippen LogP contribution in [-0.4, -0.2) is 28.7 Å². The van der Waals surface area contributed by atoms with Crippen LogP contribution in [0.4, 0.5) is 5.69 Å². The minimum absolute atomic E-state index is 0.01000. The number of nitrogens with one attached hydrogen (secondary N) is 2.